The van der Waals surface area contributed by atoms with Gasteiger partial charge in [0, 0.05) is 31.5 Å². The first-order valence-corrected chi connectivity index (χ1v) is 5.88. The highest BCUT2D eigenvalue weighted by Gasteiger charge is 2.16. The van der Waals surface area contributed by atoms with Gasteiger partial charge in [-0.2, -0.15) is 0 Å². The zero-order chi connectivity index (χ0) is 12.7. The van der Waals surface area contributed by atoms with E-state index in [1.54, 1.807) is 13.3 Å². The summed E-state index contributed by atoms with van der Waals surface area (Å²) in [6.07, 6.45) is 2.52. The Morgan fingerprint density at radius 2 is 2.24 bits per heavy atom. The molecule has 1 aromatic heterocycles. The number of rotatable bonds is 7. The molecule has 0 aliphatic heterocycles. The van der Waals surface area contributed by atoms with E-state index in [4.69, 9.17) is 9.84 Å². The van der Waals surface area contributed by atoms with Crippen molar-refractivity contribution in [1.29, 1.82) is 0 Å². The van der Waals surface area contributed by atoms with Gasteiger partial charge in [0.05, 0.1) is 7.11 Å². The van der Waals surface area contributed by atoms with Gasteiger partial charge in [0.15, 0.2) is 0 Å². The third-order valence-corrected chi connectivity index (χ3v) is 2.75. The van der Waals surface area contributed by atoms with Gasteiger partial charge in [-0.05, 0) is 17.9 Å². The standard InChI is InChI=1S/C13H22N2O2/c1-13(2,6-8-16)10-14-9-11-5-4-7-15-12(11)17-3/h4-5,7,14,16H,6,8-10H2,1-3H3. The van der Waals surface area contributed by atoms with Crippen molar-refractivity contribution >= 4 is 0 Å². The summed E-state index contributed by atoms with van der Waals surface area (Å²) in [5.41, 5.74) is 1.15. The molecule has 0 bridgehead atoms. The largest absolute Gasteiger partial charge is 0.481 e. The molecule has 0 saturated heterocycles. The van der Waals surface area contributed by atoms with Gasteiger partial charge in [-0.3, -0.25) is 0 Å². The maximum absolute atomic E-state index is 8.94. The minimum absolute atomic E-state index is 0.101. The Bertz CT molecular complexity index is 340. The fraction of sp³-hybridized carbons (Fsp3) is 0.615. The quantitative estimate of drug-likeness (QED) is 0.757. The molecular formula is C13H22N2O2. The maximum atomic E-state index is 8.94. The molecule has 17 heavy (non-hydrogen) atoms. The molecule has 2 N–H and O–H groups in total. The zero-order valence-electron chi connectivity index (χ0n) is 10.9. The third-order valence-electron chi connectivity index (χ3n) is 2.75. The average molecular weight is 238 g/mol. The van der Waals surface area contributed by atoms with Crippen molar-refractivity contribution in [1.82, 2.24) is 10.3 Å². The van der Waals surface area contributed by atoms with E-state index in [1.165, 1.54) is 0 Å². The molecule has 0 atom stereocenters. The van der Waals surface area contributed by atoms with Crippen LogP contribution in [0.25, 0.3) is 0 Å². The predicted molar refractivity (Wildman–Crippen MR) is 68.0 cm³/mol. The summed E-state index contributed by atoms with van der Waals surface area (Å²) in [5, 5.41) is 12.3. The van der Waals surface area contributed by atoms with Gasteiger partial charge in [-0.15, -0.1) is 0 Å². The minimum atomic E-state index is 0.101. The van der Waals surface area contributed by atoms with Crippen molar-refractivity contribution in [3.8, 4) is 5.88 Å². The predicted octanol–water partition coefficient (Wildman–Crippen LogP) is 1.59. The summed E-state index contributed by atoms with van der Waals surface area (Å²) in [6.45, 7) is 6.08. The van der Waals surface area contributed by atoms with Gasteiger partial charge in [0.25, 0.3) is 0 Å². The van der Waals surface area contributed by atoms with Crippen molar-refractivity contribution in [2.75, 3.05) is 20.3 Å². The molecule has 96 valence electrons. The van der Waals surface area contributed by atoms with E-state index < -0.39 is 0 Å². The highest BCUT2D eigenvalue weighted by Crippen LogP contribution is 2.19. The van der Waals surface area contributed by atoms with Crippen LogP contribution in [0.5, 0.6) is 5.88 Å². The molecule has 0 saturated carbocycles. The van der Waals surface area contributed by atoms with Crippen molar-refractivity contribution in [3.63, 3.8) is 0 Å². The molecule has 0 unspecified atom stereocenters. The molecule has 0 radical (unpaired) electrons. The van der Waals surface area contributed by atoms with Crippen LogP contribution in [-0.2, 0) is 6.54 Å². The fourth-order valence-corrected chi connectivity index (χ4v) is 1.67. The number of pyridine rings is 1. The summed E-state index contributed by atoms with van der Waals surface area (Å²) in [4.78, 5) is 4.15. The van der Waals surface area contributed by atoms with Gasteiger partial charge in [-0.1, -0.05) is 19.9 Å². The molecule has 1 aromatic rings. The Balaban J connectivity index is 2.45. The van der Waals surface area contributed by atoms with Crippen LogP contribution in [-0.4, -0.2) is 30.4 Å². The van der Waals surface area contributed by atoms with Crippen molar-refractivity contribution in [2.24, 2.45) is 5.41 Å². The Kier molecular flexibility index (Phi) is 5.38. The Morgan fingerprint density at radius 1 is 1.47 bits per heavy atom. The van der Waals surface area contributed by atoms with Crippen LogP contribution in [0.15, 0.2) is 18.3 Å². The first-order chi connectivity index (χ1) is 8.09. The van der Waals surface area contributed by atoms with Gasteiger partial charge in [0.2, 0.25) is 5.88 Å². The second-order valence-corrected chi connectivity index (χ2v) is 4.91. The highest BCUT2D eigenvalue weighted by atomic mass is 16.5. The molecule has 0 amide bonds. The number of aromatic nitrogens is 1. The number of aliphatic hydroxyl groups excluding tert-OH is 1. The van der Waals surface area contributed by atoms with Crippen molar-refractivity contribution in [3.05, 3.63) is 23.9 Å². The van der Waals surface area contributed by atoms with Crippen LogP contribution in [0.4, 0.5) is 0 Å². The molecule has 1 rings (SSSR count). The molecule has 0 spiro atoms. The number of nitrogens with one attached hydrogen (secondary N) is 1. The molecule has 0 aliphatic rings. The Labute approximate surface area is 103 Å². The first-order valence-electron chi connectivity index (χ1n) is 5.88. The topological polar surface area (TPSA) is 54.4 Å². The SMILES string of the molecule is COc1ncccc1CNCC(C)(C)CCO. The summed E-state index contributed by atoms with van der Waals surface area (Å²) in [7, 11) is 1.63. The van der Waals surface area contributed by atoms with Crippen LogP contribution >= 0.6 is 0 Å². The van der Waals surface area contributed by atoms with Gasteiger partial charge >= 0.3 is 0 Å². The van der Waals surface area contributed by atoms with Crippen LogP contribution in [0, 0.1) is 5.41 Å². The molecule has 1 heterocycles. The minimum Gasteiger partial charge on any atom is -0.481 e. The normalized spacial score (nSPS) is 11.5. The lowest BCUT2D eigenvalue weighted by Gasteiger charge is -2.24. The molecule has 4 nitrogen and oxygen atoms in total. The zero-order valence-corrected chi connectivity index (χ0v) is 10.9. The van der Waals surface area contributed by atoms with E-state index in [1.807, 2.05) is 12.1 Å². The lowest BCUT2D eigenvalue weighted by Crippen LogP contribution is -2.30. The second kappa shape index (κ2) is 6.57. The Morgan fingerprint density at radius 3 is 2.88 bits per heavy atom. The van der Waals surface area contributed by atoms with Gasteiger partial charge in [0.1, 0.15) is 0 Å². The lowest BCUT2D eigenvalue weighted by molar-refractivity contribution is 0.207. The van der Waals surface area contributed by atoms with Crippen LogP contribution < -0.4 is 10.1 Å². The number of nitrogens with zero attached hydrogens (tertiary/aromatic N) is 1. The number of hydrogen-bond acceptors (Lipinski definition) is 4. The highest BCUT2D eigenvalue weighted by molar-refractivity contribution is 5.24. The van der Waals surface area contributed by atoms with E-state index in [-0.39, 0.29) is 12.0 Å². The maximum Gasteiger partial charge on any atom is 0.217 e. The van der Waals surface area contributed by atoms with E-state index >= 15 is 0 Å². The lowest BCUT2D eigenvalue weighted by atomic mass is 9.90. The second-order valence-electron chi connectivity index (χ2n) is 4.91. The molecule has 4 heteroatoms. The number of ether oxygens (including phenoxy) is 1. The van der Waals surface area contributed by atoms with Crippen molar-refractivity contribution < 1.29 is 9.84 Å². The van der Waals surface area contributed by atoms with Crippen LogP contribution in [0.2, 0.25) is 0 Å². The van der Waals surface area contributed by atoms with Crippen LogP contribution in [0.1, 0.15) is 25.8 Å². The van der Waals surface area contributed by atoms with Gasteiger partial charge in [-0.25, -0.2) is 4.98 Å². The first kappa shape index (κ1) is 13.9. The number of methoxy groups -OCH3 is 1. The van der Waals surface area contributed by atoms with E-state index in [0.717, 1.165) is 25.1 Å². The molecule has 0 fully saturated rings. The monoisotopic (exact) mass is 238 g/mol. The summed E-state index contributed by atoms with van der Waals surface area (Å²) in [5.74, 6) is 0.667. The van der Waals surface area contributed by atoms with E-state index in [2.05, 4.69) is 24.1 Å². The smallest absolute Gasteiger partial charge is 0.217 e. The summed E-state index contributed by atoms with van der Waals surface area (Å²) < 4.78 is 5.18. The Hall–Kier alpha value is -1.13. The summed E-state index contributed by atoms with van der Waals surface area (Å²) in [6, 6.07) is 3.90. The number of aliphatic hydroxyl groups is 1. The molecule has 0 aliphatic carbocycles. The third kappa shape index (κ3) is 4.71. The van der Waals surface area contributed by atoms with E-state index in [9.17, 15) is 0 Å². The van der Waals surface area contributed by atoms with Gasteiger partial charge < -0.3 is 15.2 Å². The average Bonchev–Trinajstić information content (AvgIpc) is 2.29. The molecular weight excluding hydrogens is 216 g/mol. The molecule has 0 aromatic carbocycles. The van der Waals surface area contributed by atoms with Crippen molar-refractivity contribution in [2.45, 2.75) is 26.8 Å². The summed E-state index contributed by atoms with van der Waals surface area (Å²) >= 11 is 0. The van der Waals surface area contributed by atoms with Crippen LogP contribution in [0.3, 0.4) is 0 Å². The number of hydrogen-bond donors (Lipinski definition) is 2. The fourth-order valence-electron chi connectivity index (χ4n) is 1.67. The van der Waals surface area contributed by atoms with E-state index in [0.29, 0.717) is 5.88 Å².